The number of nitrogens with one attached hydrogen (secondary N) is 1. The Bertz CT molecular complexity index is 380. The van der Waals surface area contributed by atoms with Crippen LogP contribution >= 0.6 is 0 Å². The molecule has 122 valence electrons. The molecular weight excluding hydrogens is 268 g/mol. The van der Waals surface area contributed by atoms with Crippen molar-refractivity contribution < 1.29 is 14.7 Å². The number of carboxylic acids is 1. The van der Waals surface area contributed by atoms with E-state index in [1.807, 2.05) is 14.1 Å². The summed E-state index contributed by atoms with van der Waals surface area (Å²) in [5.41, 5.74) is -0.0271. The van der Waals surface area contributed by atoms with E-state index in [1.165, 1.54) is 0 Å². The third-order valence-corrected chi connectivity index (χ3v) is 4.38. The average Bonchev–Trinajstić information content (AvgIpc) is 2.79. The van der Waals surface area contributed by atoms with Crippen LogP contribution in [0.1, 0.15) is 40.0 Å². The number of carboxylic acid groups (broad SMARTS) is 1. The van der Waals surface area contributed by atoms with Crippen LogP contribution in [0.5, 0.6) is 0 Å². The molecule has 2 N–H and O–H groups in total. The average molecular weight is 298 g/mol. The fourth-order valence-corrected chi connectivity index (χ4v) is 3.41. The van der Waals surface area contributed by atoms with Gasteiger partial charge in [-0.25, -0.2) is 0 Å². The molecule has 1 fully saturated rings. The first-order valence-electron chi connectivity index (χ1n) is 7.81. The van der Waals surface area contributed by atoms with Crippen molar-refractivity contribution in [1.29, 1.82) is 0 Å². The van der Waals surface area contributed by atoms with Crippen LogP contribution in [0.3, 0.4) is 0 Å². The van der Waals surface area contributed by atoms with Crippen LogP contribution in [-0.2, 0) is 9.59 Å². The molecule has 1 aliphatic rings. The van der Waals surface area contributed by atoms with E-state index in [-0.39, 0.29) is 17.2 Å². The summed E-state index contributed by atoms with van der Waals surface area (Å²) in [6.45, 7) is 7.71. The molecule has 1 saturated carbocycles. The maximum Gasteiger partial charge on any atom is 0.307 e. The third-order valence-electron chi connectivity index (χ3n) is 4.38. The minimum atomic E-state index is -0.835. The van der Waals surface area contributed by atoms with Gasteiger partial charge < -0.3 is 15.3 Å². The van der Waals surface area contributed by atoms with E-state index in [0.29, 0.717) is 25.3 Å². The van der Waals surface area contributed by atoms with Crippen molar-refractivity contribution >= 4 is 11.9 Å². The Morgan fingerprint density at radius 1 is 1.24 bits per heavy atom. The lowest BCUT2D eigenvalue weighted by atomic mass is 9.91. The van der Waals surface area contributed by atoms with Gasteiger partial charge in [-0.3, -0.25) is 9.59 Å². The molecule has 0 spiro atoms. The zero-order chi connectivity index (χ0) is 16.2. The maximum absolute atomic E-state index is 12.4. The van der Waals surface area contributed by atoms with Crippen LogP contribution in [-0.4, -0.2) is 49.1 Å². The van der Waals surface area contributed by atoms with E-state index in [4.69, 9.17) is 0 Å². The second-order valence-corrected chi connectivity index (χ2v) is 7.42. The Labute approximate surface area is 128 Å². The van der Waals surface area contributed by atoms with Crippen LogP contribution in [0.25, 0.3) is 0 Å². The summed E-state index contributed by atoms with van der Waals surface area (Å²) >= 11 is 0. The number of aliphatic carboxylic acids is 1. The monoisotopic (exact) mass is 298 g/mol. The summed E-state index contributed by atoms with van der Waals surface area (Å²) in [4.78, 5) is 25.8. The summed E-state index contributed by atoms with van der Waals surface area (Å²) in [6.07, 6.45) is 2.28. The van der Waals surface area contributed by atoms with Crippen molar-refractivity contribution in [2.45, 2.75) is 40.0 Å². The zero-order valence-electron chi connectivity index (χ0n) is 14.0. The highest BCUT2D eigenvalue weighted by Gasteiger charge is 2.42. The van der Waals surface area contributed by atoms with E-state index in [9.17, 15) is 14.7 Å². The largest absolute Gasteiger partial charge is 0.481 e. The fourth-order valence-electron chi connectivity index (χ4n) is 3.41. The van der Waals surface area contributed by atoms with E-state index in [1.54, 1.807) is 0 Å². The summed E-state index contributed by atoms with van der Waals surface area (Å²) in [5.74, 6) is -1.46. The number of nitrogens with zero attached hydrogens (tertiary/aromatic N) is 1. The lowest BCUT2D eigenvalue weighted by Crippen LogP contribution is -2.43. The van der Waals surface area contributed by atoms with Gasteiger partial charge in [0.05, 0.1) is 11.8 Å². The van der Waals surface area contributed by atoms with Crippen LogP contribution in [0, 0.1) is 23.2 Å². The van der Waals surface area contributed by atoms with Gasteiger partial charge in [0, 0.05) is 13.1 Å². The van der Waals surface area contributed by atoms with E-state index < -0.39 is 11.9 Å². The van der Waals surface area contributed by atoms with Crippen molar-refractivity contribution in [3.63, 3.8) is 0 Å². The van der Waals surface area contributed by atoms with E-state index >= 15 is 0 Å². The van der Waals surface area contributed by atoms with Crippen molar-refractivity contribution in [1.82, 2.24) is 10.2 Å². The number of amides is 1. The first-order valence-corrected chi connectivity index (χ1v) is 7.81. The lowest BCUT2D eigenvalue weighted by molar-refractivity contribution is -0.146. The molecule has 0 heterocycles. The van der Waals surface area contributed by atoms with Gasteiger partial charge in [-0.1, -0.05) is 27.2 Å². The van der Waals surface area contributed by atoms with Gasteiger partial charge in [0.25, 0.3) is 0 Å². The quantitative estimate of drug-likeness (QED) is 0.752. The number of carbonyl (C=O) groups excluding carboxylic acids is 1. The third kappa shape index (κ3) is 5.30. The minimum absolute atomic E-state index is 0.0271. The maximum atomic E-state index is 12.4. The fraction of sp³-hybridized carbons (Fsp3) is 0.875. The zero-order valence-corrected chi connectivity index (χ0v) is 14.0. The minimum Gasteiger partial charge on any atom is -0.481 e. The molecule has 0 aromatic heterocycles. The Hall–Kier alpha value is -1.10. The molecule has 1 unspecified atom stereocenters. The SMILES string of the molecule is CCC1C[C@H](C(=O)NCC(C)(C)CN(C)C)[C@H](C(=O)O)C1. The van der Waals surface area contributed by atoms with Crippen molar-refractivity contribution in [3.05, 3.63) is 0 Å². The van der Waals surface area contributed by atoms with Crippen LogP contribution in [0.15, 0.2) is 0 Å². The van der Waals surface area contributed by atoms with Gasteiger partial charge in [0.1, 0.15) is 0 Å². The highest BCUT2D eigenvalue weighted by molar-refractivity contribution is 5.85. The predicted octanol–water partition coefficient (Wildman–Crippen LogP) is 1.83. The van der Waals surface area contributed by atoms with Crippen molar-refractivity contribution in [2.24, 2.45) is 23.2 Å². The van der Waals surface area contributed by atoms with E-state index in [2.05, 4.69) is 31.0 Å². The predicted molar refractivity (Wildman–Crippen MR) is 83.0 cm³/mol. The number of hydrogen-bond acceptors (Lipinski definition) is 3. The lowest BCUT2D eigenvalue weighted by Gasteiger charge is -2.29. The van der Waals surface area contributed by atoms with Gasteiger partial charge in [0.15, 0.2) is 0 Å². The molecule has 0 aromatic rings. The topological polar surface area (TPSA) is 69.6 Å². The van der Waals surface area contributed by atoms with Gasteiger partial charge in [-0.05, 0) is 38.3 Å². The van der Waals surface area contributed by atoms with Crippen LogP contribution < -0.4 is 5.32 Å². The molecule has 0 radical (unpaired) electrons. The number of hydrogen-bond donors (Lipinski definition) is 2. The number of rotatable bonds is 7. The Kier molecular flexibility index (Phi) is 6.20. The molecule has 1 rings (SSSR count). The Morgan fingerprint density at radius 3 is 2.29 bits per heavy atom. The molecule has 0 aromatic carbocycles. The van der Waals surface area contributed by atoms with Gasteiger partial charge in [-0.15, -0.1) is 0 Å². The van der Waals surface area contributed by atoms with E-state index in [0.717, 1.165) is 13.0 Å². The standard InChI is InChI=1S/C16H30N2O3/c1-6-11-7-12(13(8-11)15(20)21)14(19)17-9-16(2,3)10-18(4)5/h11-13H,6-10H2,1-5H3,(H,17,19)(H,20,21)/t11?,12-,13+/m0/s1. The van der Waals surface area contributed by atoms with Gasteiger partial charge in [-0.2, -0.15) is 0 Å². The molecule has 3 atom stereocenters. The van der Waals surface area contributed by atoms with Crippen molar-refractivity contribution in [2.75, 3.05) is 27.2 Å². The Morgan fingerprint density at radius 2 is 1.81 bits per heavy atom. The summed E-state index contributed by atoms with van der Waals surface area (Å²) < 4.78 is 0. The van der Waals surface area contributed by atoms with Crippen LogP contribution in [0.4, 0.5) is 0 Å². The molecule has 1 amide bonds. The molecule has 5 heteroatoms. The summed E-state index contributed by atoms with van der Waals surface area (Å²) in [6, 6.07) is 0. The second kappa shape index (κ2) is 7.25. The van der Waals surface area contributed by atoms with Crippen LogP contribution in [0.2, 0.25) is 0 Å². The first-order chi connectivity index (χ1) is 9.66. The Balaban J connectivity index is 2.59. The molecule has 0 aliphatic heterocycles. The molecule has 21 heavy (non-hydrogen) atoms. The van der Waals surface area contributed by atoms with Gasteiger partial charge in [0.2, 0.25) is 5.91 Å². The molecular formula is C16H30N2O3. The molecule has 5 nitrogen and oxygen atoms in total. The molecule has 0 bridgehead atoms. The normalized spacial score (nSPS) is 26.1. The van der Waals surface area contributed by atoms with Crippen molar-refractivity contribution in [3.8, 4) is 0 Å². The second-order valence-electron chi connectivity index (χ2n) is 7.42. The molecule has 1 aliphatic carbocycles. The van der Waals surface area contributed by atoms with Gasteiger partial charge >= 0.3 is 5.97 Å². The molecule has 0 saturated heterocycles. The smallest absolute Gasteiger partial charge is 0.307 e. The summed E-state index contributed by atoms with van der Waals surface area (Å²) in [5, 5.41) is 12.3. The summed E-state index contributed by atoms with van der Waals surface area (Å²) in [7, 11) is 4.01. The number of carbonyl (C=O) groups is 2. The highest BCUT2D eigenvalue weighted by Crippen LogP contribution is 2.38. The highest BCUT2D eigenvalue weighted by atomic mass is 16.4. The first kappa shape index (κ1) is 18.0.